The molecule has 0 aromatic heterocycles. The summed E-state index contributed by atoms with van der Waals surface area (Å²) in [4.78, 5) is 0. The van der Waals surface area contributed by atoms with Crippen molar-refractivity contribution >= 4 is 9.84 Å². The van der Waals surface area contributed by atoms with Gasteiger partial charge in [-0.3, -0.25) is 0 Å². The van der Waals surface area contributed by atoms with Crippen molar-refractivity contribution in [2.45, 2.75) is 41.8 Å². The molecule has 0 aromatic carbocycles. The summed E-state index contributed by atoms with van der Waals surface area (Å²) in [5.41, 5.74) is -0.911. The average Bonchev–Trinajstić information content (AvgIpc) is 2.31. The van der Waals surface area contributed by atoms with Crippen molar-refractivity contribution in [1.29, 1.82) is 0 Å². The topological polar surface area (TPSA) is 63.6 Å². The van der Waals surface area contributed by atoms with Gasteiger partial charge in [0.05, 0.1) is 22.7 Å². The van der Waals surface area contributed by atoms with E-state index in [0.717, 1.165) is 0 Å². The summed E-state index contributed by atoms with van der Waals surface area (Å²) in [6, 6.07) is 0. The van der Waals surface area contributed by atoms with Crippen molar-refractivity contribution < 1.29 is 18.3 Å². The lowest BCUT2D eigenvalue weighted by atomic mass is 9.95. The van der Waals surface area contributed by atoms with E-state index in [0.29, 0.717) is 25.7 Å². The zero-order valence-electron chi connectivity index (χ0n) is 8.27. The Labute approximate surface area is 84.2 Å². The second-order valence-electron chi connectivity index (χ2n) is 4.48. The average molecular weight is 220 g/mol. The smallest absolute Gasteiger partial charge is 0.156 e. The van der Waals surface area contributed by atoms with Crippen LogP contribution < -0.4 is 0 Å². The molecule has 0 aromatic rings. The number of aliphatic hydroxyl groups is 1. The molecule has 0 spiro atoms. The number of sulfone groups is 1. The first-order valence-corrected chi connectivity index (χ1v) is 6.53. The summed E-state index contributed by atoms with van der Waals surface area (Å²) in [5, 5.41) is 9.43. The van der Waals surface area contributed by atoms with Crippen molar-refractivity contribution in [1.82, 2.24) is 0 Å². The molecule has 2 saturated heterocycles. The van der Waals surface area contributed by atoms with Gasteiger partial charge in [0.25, 0.3) is 0 Å². The van der Waals surface area contributed by atoms with Crippen LogP contribution in [0.2, 0.25) is 0 Å². The van der Waals surface area contributed by atoms with Gasteiger partial charge < -0.3 is 9.84 Å². The molecule has 2 fully saturated rings. The van der Waals surface area contributed by atoms with E-state index in [1.807, 2.05) is 0 Å². The molecule has 14 heavy (non-hydrogen) atoms. The monoisotopic (exact) mass is 220 g/mol. The van der Waals surface area contributed by atoms with Crippen LogP contribution in [0.4, 0.5) is 0 Å². The molecule has 0 saturated carbocycles. The minimum absolute atomic E-state index is 0.246. The minimum Gasteiger partial charge on any atom is -0.387 e. The highest BCUT2D eigenvalue weighted by Gasteiger charge is 2.52. The van der Waals surface area contributed by atoms with Gasteiger partial charge in [0.15, 0.2) is 9.84 Å². The Morgan fingerprint density at radius 2 is 1.86 bits per heavy atom. The number of fused-ring (bicyclic) bond motifs is 2. The zero-order valence-corrected chi connectivity index (χ0v) is 9.09. The Balaban J connectivity index is 2.21. The number of hydrogen-bond acceptors (Lipinski definition) is 4. The predicted molar refractivity (Wildman–Crippen MR) is 51.8 cm³/mol. The molecule has 5 heteroatoms. The van der Waals surface area contributed by atoms with Crippen LogP contribution in [0.3, 0.4) is 0 Å². The molecule has 2 bridgehead atoms. The molecule has 0 amide bonds. The second-order valence-corrected chi connectivity index (χ2v) is 6.99. The second kappa shape index (κ2) is 3.18. The van der Waals surface area contributed by atoms with Crippen molar-refractivity contribution in [2.75, 3.05) is 13.7 Å². The summed E-state index contributed by atoms with van der Waals surface area (Å²) in [5.74, 6) is 0. The fourth-order valence-corrected chi connectivity index (χ4v) is 5.29. The third-order valence-electron chi connectivity index (χ3n) is 3.37. The molecule has 1 N–H and O–H groups in total. The van der Waals surface area contributed by atoms with Crippen LogP contribution in [-0.2, 0) is 14.6 Å². The highest BCUT2D eigenvalue weighted by atomic mass is 32.2. The molecule has 0 aliphatic carbocycles. The lowest BCUT2D eigenvalue weighted by molar-refractivity contribution is -0.0435. The first kappa shape index (κ1) is 10.4. The Kier molecular flexibility index (Phi) is 2.36. The van der Waals surface area contributed by atoms with E-state index in [1.54, 1.807) is 0 Å². The molecule has 2 aliphatic rings. The Morgan fingerprint density at radius 1 is 1.36 bits per heavy atom. The van der Waals surface area contributed by atoms with Crippen LogP contribution in [0.15, 0.2) is 0 Å². The van der Waals surface area contributed by atoms with E-state index in [-0.39, 0.29) is 17.1 Å². The van der Waals surface area contributed by atoms with Crippen molar-refractivity contribution in [3.05, 3.63) is 0 Å². The third-order valence-corrected chi connectivity index (χ3v) is 6.03. The van der Waals surface area contributed by atoms with Gasteiger partial charge >= 0.3 is 0 Å². The van der Waals surface area contributed by atoms with Gasteiger partial charge in [-0.25, -0.2) is 8.42 Å². The van der Waals surface area contributed by atoms with E-state index in [9.17, 15) is 13.5 Å². The van der Waals surface area contributed by atoms with Gasteiger partial charge in [-0.2, -0.15) is 0 Å². The molecule has 2 atom stereocenters. The fourth-order valence-electron chi connectivity index (χ4n) is 2.73. The first-order valence-electron chi connectivity index (χ1n) is 4.92. The lowest BCUT2D eigenvalue weighted by Gasteiger charge is -2.35. The lowest BCUT2D eigenvalue weighted by Crippen LogP contribution is -2.47. The SMILES string of the molecule is COCC1(O)CC2CCC(C1)S2(=O)=O. The number of ether oxygens (including phenoxy) is 1. The van der Waals surface area contributed by atoms with E-state index in [1.165, 1.54) is 7.11 Å². The third kappa shape index (κ3) is 1.47. The molecule has 2 aliphatic heterocycles. The maximum absolute atomic E-state index is 11.7. The zero-order chi connectivity index (χ0) is 10.4. The van der Waals surface area contributed by atoms with Gasteiger partial charge in [0.2, 0.25) is 0 Å². The molecule has 82 valence electrons. The summed E-state index contributed by atoms with van der Waals surface area (Å²) < 4.78 is 28.4. The van der Waals surface area contributed by atoms with Crippen LogP contribution in [0.1, 0.15) is 25.7 Å². The van der Waals surface area contributed by atoms with E-state index in [4.69, 9.17) is 4.74 Å². The van der Waals surface area contributed by atoms with E-state index < -0.39 is 15.4 Å². The molecular formula is C9H16O4S. The number of methoxy groups -OCH3 is 1. The van der Waals surface area contributed by atoms with Crippen LogP contribution >= 0.6 is 0 Å². The molecule has 2 heterocycles. The van der Waals surface area contributed by atoms with Crippen LogP contribution in [0.5, 0.6) is 0 Å². The van der Waals surface area contributed by atoms with Gasteiger partial charge in [-0.15, -0.1) is 0 Å². The fraction of sp³-hybridized carbons (Fsp3) is 1.00. The minimum atomic E-state index is -2.93. The normalized spacial score (nSPS) is 45.3. The van der Waals surface area contributed by atoms with Gasteiger partial charge in [-0.05, 0) is 25.7 Å². The first-order chi connectivity index (χ1) is 6.48. The highest BCUT2D eigenvalue weighted by molar-refractivity contribution is 7.93. The Bertz CT molecular complexity index is 302. The number of hydrogen-bond donors (Lipinski definition) is 1. The Morgan fingerprint density at radius 3 is 2.29 bits per heavy atom. The van der Waals surface area contributed by atoms with E-state index >= 15 is 0 Å². The maximum Gasteiger partial charge on any atom is 0.156 e. The van der Waals surface area contributed by atoms with Gasteiger partial charge in [0.1, 0.15) is 0 Å². The van der Waals surface area contributed by atoms with Crippen LogP contribution in [0, 0.1) is 0 Å². The largest absolute Gasteiger partial charge is 0.387 e. The van der Waals surface area contributed by atoms with Crippen LogP contribution in [-0.4, -0.2) is 43.3 Å². The summed E-state index contributed by atoms with van der Waals surface area (Å²) in [6.07, 6.45) is 2.11. The molecule has 2 rings (SSSR count). The van der Waals surface area contributed by atoms with Crippen molar-refractivity contribution in [3.8, 4) is 0 Å². The van der Waals surface area contributed by atoms with E-state index in [2.05, 4.69) is 0 Å². The van der Waals surface area contributed by atoms with Gasteiger partial charge in [-0.1, -0.05) is 0 Å². The summed E-state index contributed by atoms with van der Waals surface area (Å²) in [7, 11) is -1.40. The standard InChI is InChI=1S/C9H16O4S/c1-13-6-9(10)4-7-2-3-8(5-9)14(7,11)12/h7-8,10H,2-6H2,1H3. The molecule has 2 unspecified atom stereocenters. The van der Waals surface area contributed by atoms with Crippen LogP contribution in [0.25, 0.3) is 0 Å². The highest BCUT2D eigenvalue weighted by Crippen LogP contribution is 2.43. The molecule has 0 radical (unpaired) electrons. The predicted octanol–water partition coefficient (Wildman–Crippen LogP) is 0.104. The number of rotatable bonds is 2. The maximum atomic E-state index is 11.7. The molecule has 4 nitrogen and oxygen atoms in total. The summed E-state index contributed by atoms with van der Waals surface area (Å²) in [6.45, 7) is 0.246. The Hall–Kier alpha value is -0.130. The summed E-state index contributed by atoms with van der Waals surface area (Å²) >= 11 is 0. The molecular weight excluding hydrogens is 204 g/mol. The van der Waals surface area contributed by atoms with Crippen molar-refractivity contribution in [3.63, 3.8) is 0 Å². The van der Waals surface area contributed by atoms with Gasteiger partial charge in [0, 0.05) is 7.11 Å². The quantitative estimate of drug-likeness (QED) is 0.717. The van der Waals surface area contributed by atoms with Crippen molar-refractivity contribution in [2.24, 2.45) is 0 Å².